The van der Waals surface area contributed by atoms with Crippen molar-refractivity contribution in [1.29, 1.82) is 0 Å². The number of benzene rings is 1. The van der Waals surface area contributed by atoms with Gasteiger partial charge in [0.15, 0.2) is 0 Å². The lowest BCUT2D eigenvalue weighted by Gasteiger charge is -2.17. The van der Waals surface area contributed by atoms with Gasteiger partial charge in [-0.25, -0.2) is 4.39 Å². The molecule has 0 radical (unpaired) electrons. The molecule has 1 aliphatic heterocycles. The number of anilines is 1. The fraction of sp³-hybridized carbons (Fsp3) is 0.467. The zero-order chi connectivity index (χ0) is 15.4. The van der Waals surface area contributed by atoms with Gasteiger partial charge in [0.1, 0.15) is 11.9 Å². The third kappa shape index (κ3) is 3.71. The zero-order valence-electron chi connectivity index (χ0n) is 12.5. The normalized spacial score (nSPS) is 17.1. The van der Waals surface area contributed by atoms with Crippen molar-refractivity contribution >= 4 is 17.3 Å². The van der Waals surface area contributed by atoms with E-state index < -0.39 is 0 Å². The Morgan fingerprint density at radius 1 is 1.57 bits per heavy atom. The van der Waals surface area contributed by atoms with E-state index in [1.54, 1.807) is 6.07 Å². The minimum absolute atomic E-state index is 0.106. The summed E-state index contributed by atoms with van der Waals surface area (Å²) in [6.07, 6.45) is 0.368. The first kappa shape index (κ1) is 15.3. The molecule has 0 bridgehead atoms. The van der Waals surface area contributed by atoms with Crippen LogP contribution in [-0.4, -0.2) is 37.9 Å². The molecular weight excluding hydrogens is 273 g/mol. The van der Waals surface area contributed by atoms with Crippen LogP contribution in [0.1, 0.15) is 25.8 Å². The number of oxime groups is 1. The Morgan fingerprint density at radius 3 is 2.95 bits per heavy atom. The molecular formula is C15H20FN3O2. The number of nitrogens with one attached hydrogen (secondary N) is 1. The summed E-state index contributed by atoms with van der Waals surface area (Å²) >= 11 is 0. The monoisotopic (exact) mass is 293 g/mol. The quantitative estimate of drug-likeness (QED) is 0.902. The number of hydrogen-bond acceptors (Lipinski definition) is 4. The molecule has 21 heavy (non-hydrogen) atoms. The summed E-state index contributed by atoms with van der Waals surface area (Å²) in [4.78, 5) is 18.0. The molecule has 1 heterocycles. The first-order valence-electron chi connectivity index (χ1n) is 6.99. The Kier molecular flexibility index (Phi) is 4.77. The summed E-state index contributed by atoms with van der Waals surface area (Å²) in [5.74, 6) is -0.380. The lowest BCUT2D eigenvalue weighted by Crippen LogP contribution is -2.30. The molecule has 0 spiro atoms. The highest BCUT2D eigenvalue weighted by atomic mass is 19.1. The second-order valence-corrected chi connectivity index (χ2v) is 5.09. The van der Waals surface area contributed by atoms with Crippen LogP contribution >= 0.6 is 0 Å². The van der Waals surface area contributed by atoms with Crippen molar-refractivity contribution < 1.29 is 14.0 Å². The highest BCUT2D eigenvalue weighted by Gasteiger charge is 2.23. The molecule has 1 unspecified atom stereocenters. The summed E-state index contributed by atoms with van der Waals surface area (Å²) < 4.78 is 14.1. The third-order valence-electron chi connectivity index (χ3n) is 3.48. The Bertz CT molecular complexity index is 560. The van der Waals surface area contributed by atoms with Gasteiger partial charge in [-0.1, -0.05) is 11.2 Å². The second kappa shape index (κ2) is 6.56. The lowest BCUT2D eigenvalue weighted by atomic mass is 10.0. The van der Waals surface area contributed by atoms with Crippen molar-refractivity contribution in [3.8, 4) is 0 Å². The van der Waals surface area contributed by atoms with Crippen LogP contribution in [0.25, 0.3) is 0 Å². The van der Waals surface area contributed by atoms with Gasteiger partial charge >= 0.3 is 0 Å². The molecule has 2 rings (SSSR count). The average molecular weight is 293 g/mol. The van der Waals surface area contributed by atoms with E-state index in [1.165, 1.54) is 13.0 Å². The van der Waals surface area contributed by atoms with E-state index in [1.807, 2.05) is 24.9 Å². The molecule has 0 saturated heterocycles. The maximum Gasteiger partial charge on any atom is 0.217 e. The van der Waals surface area contributed by atoms with Gasteiger partial charge in [0, 0.05) is 32.5 Å². The lowest BCUT2D eigenvalue weighted by molar-refractivity contribution is -0.119. The van der Waals surface area contributed by atoms with Gasteiger partial charge in [0.25, 0.3) is 0 Å². The highest BCUT2D eigenvalue weighted by Crippen LogP contribution is 2.23. The van der Waals surface area contributed by atoms with Gasteiger partial charge < -0.3 is 15.1 Å². The first-order chi connectivity index (χ1) is 10.0. The fourth-order valence-corrected chi connectivity index (χ4v) is 2.13. The van der Waals surface area contributed by atoms with Crippen molar-refractivity contribution in [2.45, 2.75) is 26.4 Å². The third-order valence-corrected chi connectivity index (χ3v) is 3.48. The topological polar surface area (TPSA) is 53.9 Å². The molecule has 1 N–H and O–H groups in total. The van der Waals surface area contributed by atoms with Gasteiger partial charge in [-0.2, -0.15) is 0 Å². The van der Waals surface area contributed by atoms with Crippen LogP contribution in [-0.2, 0) is 9.63 Å². The molecule has 1 aromatic carbocycles. The predicted octanol–water partition coefficient (Wildman–Crippen LogP) is 1.91. The first-order valence-corrected chi connectivity index (χ1v) is 6.99. The maximum atomic E-state index is 14.1. The van der Waals surface area contributed by atoms with Crippen LogP contribution in [0.2, 0.25) is 0 Å². The van der Waals surface area contributed by atoms with Gasteiger partial charge in [-0.3, -0.25) is 4.79 Å². The number of amides is 1. The summed E-state index contributed by atoms with van der Waals surface area (Å²) in [6, 6.07) is 5.07. The van der Waals surface area contributed by atoms with Crippen molar-refractivity contribution in [3.05, 3.63) is 29.6 Å². The molecule has 1 atom stereocenters. The molecule has 5 nitrogen and oxygen atoms in total. The standard InChI is InChI=1S/C15H20FN3O2/c1-4-19(3)15-6-5-11(7-13(15)16)14-8-12(21-18-14)9-17-10(2)20/h5-7,12H,4,8-9H2,1-3H3,(H,17,20). The van der Waals surface area contributed by atoms with Crippen LogP contribution in [0, 0.1) is 5.82 Å². The van der Waals surface area contributed by atoms with Crippen molar-refractivity contribution in [3.63, 3.8) is 0 Å². The molecule has 1 aliphatic rings. The molecule has 0 aromatic heterocycles. The van der Waals surface area contributed by atoms with E-state index in [0.29, 0.717) is 29.9 Å². The Hall–Kier alpha value is -2.11. The van der Waals surface area contributed by atoms with E-state index in [4.69, 9.17) is 4.84 Å². The maximum absolute atomic E-state index is 14.1. The molecule has 114 valence electrons. The van der Waals surface area contributed by atoms with Crippen LogP contribution in [0.3, 0.4) is 0 Å². The van der Waals surface area contributed by atoms with Gasteiger partial charge in [0.05, 0.1) is 17.9 Å². The fourth-order valence-electron chi connectivity index (χ4n) is 2.13. The number of rotatable bonds is 5. The number of carbonyl (C=O) groups excluding carboxylic acids is 1. The molecule has 6 heteroatoms. The minimum Gasteiger partial charge on any atom is -0.390 e. The summed E-state index contributed by atoms with van der Waals surface area (Å²) in [5.41, 5.74) is 1.98. The SMILES string of the molecule is CCN(C)c1ccc(C2=NOC(CNC(C)=O)C2)cc1F. The Balaban J connectivity index is 2.03. The van der Waals surface area contributed by atoms with Crippen LogP contribution < -0.4 is 10.2 Å². The van der Waals surface area contributed by atoms with Gasteiger partial charge in [-0.05, 0) is 19.1 Å². The van der Waals surface area contributed by atoms with E-state index in [9.17, 15) is 9.18 Å². The summed E-state index contributed by atoms with van der Waals surface area (Å²) in [6.45, 7) is 4.56. The minimum atomic E-state index is -0.273. The van der Waals surface area contributed by atoms with Crippen LogP contribution in [0.15, 0.2) is 23.4 Å². The van der Waals surface area contributed by atoms with E-state index in [2.05, 4.69) is 10.5 Å². The molecule has 1 amide bonds. The summed E-state index contributed by atoms with van der Waals surface area (Å²) in [5, 5.41) is 6.67. The van der Waals surface area contributed by atoms with E-state index in [-0.39, 0.29) is 17.8 Å². The van der Waals surface area contributed by atoms with Gasteiger partial charge in [-0.15, -0.1) is 0 Å². The number of halogens is 1. The number of hydrogen-bond donors (Lipinski definition) is 1. The van der Waals surface area contributed by atoms with Gasteiger partial charge in [0.2, 0.25) is 5.91 Å². The zero-order valence-corrected chi connectivity index (χ0v) is 12.5. The molecule has 1 aromatic rings. The Morgan fingerprint density at radius 2 is 2.33 bits per heavy atom. The Labute approximate surface area is 123 Å². The largest absolute Gasteiger partial charge is 0.390 e. The molecule has 0 saturated carbocycles. The van der Waals surface area contributed by atoms with Crippen molar-refractivity contribution in [1.82, 2.24) is 5.32 Å². The molecule has 0 aliphatic carbocycles. The van der Waals surface area contributed by atoms with E-state index in [0.717, 1.165) is 6.54 Å². The van der Waals surface area contributed by atoms with E-state index >= 15 is 0 Å². The molecule has 0 fully saturated rings. The number of nitrogens with zero attached hydrogens (tertiary/aromatic N) is 2. The highest BCUT2D eigenvalue weighted by molar-refractivity contribution is 6.01. The number of carbonyl (C=O) groups is 1. The summed E-state index contributed by atoms with van der Waals surface area (Å²) in [7, 11) is 1.84. The van der Waals surface area contributed by atoms with Crippen LogP contribution in [0.4, 0.5) is 10.1 Å². The van der Waals surface area contributed by atoms with Crippen molar-refractivity contribution in [2.24, 2.45) is 5.16 Å². The smallest absolute Gasteiger partial charge is 0.217 e. The van der Waals surface area contributed by atoms with Crippen molar-refractivity contribution in [2.75, 3.05) is 25.0 Å². The van der Waals surface area contributed by atoms with Crippen LogP contribution in [0.5, 0.6) is 0 Å². The predicted molar refractivity (Wildman–Crippen MR) is 80.1 cm³/mol. The second-order valence-electron chi connectivity index (χ2n) is 5.09. The average Bonchev–Trinajstić information content (AvgIpc) is 2.93.